The van der Waals surface area contributed by atoms with Crippen LogP contribution in [0.4, 0.5) is 0 Å². The largest absolute Gasteiger partial charge is 0.478 e. The zero-order chi connectivity index (χ0) is 14.9. The highest BCUT2D eigenvalue weighted by molar-refractivity contribution is 5.98. The maximum atomic E-state index is 12.0. The lowest BCUT2D eigenvalue weighted by molar-refractivity contribution is 0.0695. The number of fused-ring (bicyclic) bond motifs is 1. The van der Waals surface area contributed by atoms with Crippen LogP contribution in [0.5, 0.6) is 0 Å². The molecule has 0 unspecified atom stereocenters. The van der Waals surface area contributed by atoms with E-state index in [9.17, 15) is 14.7 Å². The van der Waals surface area contributed by atoms with E-state index in [1.54, 1.807) is 24.5 Å². The number of unbranched alkanes of at least 4 members (excludes halogenated alkanes) is 1. The Hall–Kier alpha value is -2.10. The van der Waals surface area contributed by atoms with E-state index >= 15 is 0 Å². The fraction of sp³-hybridized carbons (Fsp3) is 0.375. The molecule has 2 rings (SSSR count). The third kappa shape index (κ3) is 2.33. The molecular formula is C16H19NO3. The molecule has 0 bridgehead atoms. The van der Waals surface area contributed by atoms with Gasteiger partial charge in [0.05, 0.1) is 11.1 Å². The summed E-state index contributed by atoms with van der Waals surface area (Å²) in [5.74, 6) is -0.923. The second-order valence-corrected chi connectivity index (χ2v) is 5.11. The van der Waals surface area contributed by atoms with Crippen LogP contribution in [0.15, 0.2) is 23.0 Å². The van der Waals surface area contributed by atoms with Gasteiger partial charge in [-0.05, 0) is 43.5 Å². The normalized spacial score (nSPS) is 10.9. The van der Waals surface area contributed by atoms with E-state index in [-0.39, 0.29) is 5.56 Å². The number of aryl methyl sites for hydroxylation is 3. The molecule has 20 heavy (non-hydrogen) atoms. The molecule has 106 valence electrons. The Morgan fingerprint density at radius 1 is 1.30 bits per heavy atom. The van der Waals surface area contributed by atoms with Gasteiger partial charge in [-0.3, -0.25) is 4.79 Å². The number of carboxylic acids is 1. The zero-order valence-corrected chi connectivity index (χ0v) is 12.1. The number of pyridine rings is 1. The third-order valence-corrected chi connectivity index (χ3v) is 3.70. The van der Waals surface area contributed by atoms with Gasteiger partial charge in [0.25, 0.3) is 5.56 Å². The number of carbonyl (C=O) groups is 1. The second kappa shape index (κ2) is 5.49. The van der Waals surface area contributed by atoms with Crippen LogP contribution >= 0.6 is 0 Å². The van der Waals surface area contributed by atoms with Gasteiger partial charge in [0.1, 0.15) is 0 Å². The first-order chi connectivity index (χ1) is 9.47. The van der Waals surface area contributed by atoms with E-state index < -0.39 is 5.97 Å². The van der Waals surface area contributed by atoms with Gasteiger partial charge in [0.15, 0.2) is 0 Å². The van der Waals surface area contributed by atoms with Gasteiger partial charge in [-0.1, -0.05) is 13.3 Å². The first-order valence-electron chi connectivity index (χ1n) is 6.84. The smallest absolute Gasteiger partial charge is 0.336 e. The zero-order valence-electron chi connectivity index (χ0n) is 12.1. The highest BCUT2D eigenvalue weighted by atomic mass is 16.4. The fourth-order valence-electron chi connectivity index (χ4n) is 2.65. The molecule has 0 fully saturated rings. The summed E-state index contributed by atoms with van der Waals surface area (Å²) in [6.45, 7) is 6.32. The van der Waals surface area contributed by atoms with Gasteiger partial charge in [0, 0.05) is 18.0 Å². The standard InChI is InChI=1S/C16H19NO3/c1-4-5-8-17-13-9-10(2)15(16(19)20)11(3)12(13)6-7-14(17)18/h6-7,9H,4-5,8H2,1-3H3,(H,19,20). The summed E-state index contributed by atoms with van der Waals surface area (Å²) in [4.78, 5) is 23.4. The van der Waals surface area contributed by atoms with E-state index in [1.807, 2.05) is 6.07 Å². The van der Waals surface area contributed by atoms with Crippen LogP contribution in [0.1, 0.15) is 41.3 Å². The molecule has 0 saturated carbocycles. The van der Waals surface area contributed by atoms with E-state index in [1.165, 1.54) is 6.07 Å². The summed E-state index contributed by atoms with van der Waals surface area (Å²) in [6, 6.07) is 5.05. The third-order valence-electron chi connectivity index (χ3n) is 3.70. The van der Waals surface area contributed by atoms with Crippen LogP contribution in [-0.4, -0.2) is 15.6 Å². The molecule has 0 amide bonds. The van der Waals surface area contributed by atoms with Crippen molar-refractivity contribution in [2.24, 2.45) is 0 Å². The van der Waals surface area contributed by atoms with Crippen LogP contribution in [0.2, 0.25) is 0 Å². The van der Waals surface area contributed by atoms with Gasteiger partial charge < -0.3 is 9.67 Å². The molecule has 4 nitrogen and oxygen atoms in total. The highest BCUT2D eigenvalue weighted by Crippen LogP contribution is 2.24. The summed E-state index contributed by atoms with van der Waals surface area (Å²) in [6.07, 6.45) is 1.94. The van der Waals surface area contributed by atoms with Crippen molar-refractivity contribution in [1.82, 2.24) is 4.57 Å². The van der Waals surface area contributed by atoms with Gasteiger partial charge in [-0.2, -0.15) is 0 Å². The maximum absolute atomic E-state index is 12.0. The molecule has 0 aliphatic rings. The Morgan fingerprint density at radius 3 is 2.60 bits per heavy atom. The molecule has 0 aliphatic heterocycles. The molecule has 1 heterocycles. The number of nitrogens with zero attached hydrogens (tertiary/aromatic N) is 1. The van der Waals surface area contributed by atoms with Crippen LogP contribution in [-0.2, 0) is 6.54 Å². The first-order valence-corrected chi connectivity index (χ1v) is 6.84. The Labute approximate surface area is 117 Å². The Balaban J connectivity index is 2.80. The molecule has 4 heteroatoms. The molecule has 0 spiro atoms. The van der Waals surface area contributed by atoms with Gasteiger partial charge in [-0.25, -0.2) is 4.79 Å². The van der Waals surface area contributed by atoms with E-state index in [4.69, 9.17) is 0 Å². The lowest BCUT2D eigenvalue weighted by Crippen LogP contribution is -2.20. The maximum Gasteiger partial charge on any atom is 0.336 e. The number of benzene rings is 1. The predicted octanol–water partition coefficient (Wildman–Crippen LogP) is 3.12. The van der Waals surface area contributed by atoms with Crippen molar-refractivity contribution in [3.63, 3.8) is 0 Å². The topological polar surface area (TPSA) is 59.3 Å². The Bertz CT molecular complexity index is 729. The minimum absolute atomic E-state index is 0.0344. The second-order valence-electron chi connectivity index (χ2n) is 5.11. The summed E-state index contributed by atoms with van der Waals surface area (Å²) in [5, 5.41) is 10.1. The van der Waals surface area contributed by atoms with Crippen molar-refractivity contribution in [1.29, 1.82) is 0 Å². The van der Waals surface area contributed by atoms with Crippen LogP contribution in [0.3, 0.4) is 0 Å². The summed E-state index contributed by atoms with van der Waals surface area (Å²) in [5.41, 5.74) is 2.54. The van der Waals surface area contributed by atoms with Crippen molar-refractivity contribution in [2.75, 3.05) is 0 Å². The minimum atomic E-state index is -0.923. The Kier molecular flexibility index (Phi) is 3.93. The number of hydrogen-bond donors (Lipinski definition) is 1. The number of rotatable bonds is 4. The summed E-state index contributed by atoms with van der Waals surface area (Å²) >= 11 is 0. The van der Waals surface area contributed by atoms with Gasteiger partial charge in [-0.15, -0.1) is 0 Å². The minimum Gasteiger partial charge on any atom is -0.478 e. The van der Waals surface area contributed by atoms with Crippen molar-refractivity contribution in [3.8, 4) is 0 Å². The molecule has 1 N–H and O–H groups in total. The molecule has 0 radical (unpaired) electrons. The molecular weight excluding hydrogens is 254 g/mol. The fourth-order valence-corrected chi connectivity index (χ4v) is 2.65. The Morgan fingerprint density at radius 2 is 2.00 bits per heavy atom. The van der Waals surface area contributed by atoms with E-state index in [0.717, 1.165) is 29.3 Å². The molecule has 2 aromatic rings. The van der Waals surface area contributed by atoms with Crippen molar-refractivity contribution in [2.45, 2.75) is 40.2 Å². The van der Waals surface area contributed by atoms with Crippen molar-refractivity contribution < 1.29 is 9.90 Å². The predicted molar refractivity (Wildman–Crippen MR) is 79.5 cm³/mol. The van der Waals surface area contributed by atoms with Crippen molar-refractivity contribution in [3.05, 3.63) is 45.2 Å². The lowest BCUT2D eigenvalue weighted by Gasteiger charge is -2.14. The SMILES string of the molecule is CCCCn1c(=O)ccc2c(C)c(C(=O)O)c(C)cc21. The van der Waals surface area contributed by atoms with E-state index in [0.29, 0.717) is 17.7 Å². The molecule has 0 saturated heterocycles. The average Bonchev–Trinajstić information content (AvgIpc) is 2.37. The quantitative estimate of drug-likeness (QED) is 0.931. The number of hydrogen-bond acceptors (Lipinski definition) is 2. The summed E-state index contributed by atoms with van der Waals surface area (Å²) < 4.78 is 1.74. The van der Waals surface area contributed by atoms with Crippen LogP contribution in [0, 0.1) is 13.8 Å². The molecule has 1 aromatic heterocycles. The van der Waals surface area contributed by atoms with E-state index in [2.05, 4.69) is 6.92 Å². The van der Waals surface area contributed by atoms with Crippen LogP contribution < -0.4 is 5.56 Å². The first kappa shape index (κ1) is 14.3. The monoisotopic (exact) mass is 273 g/mol. The number of carboxylic acid groups (broad SMARTS) is 1. The average molecular weight is 273 g/mol. The number of aromatic nitrogens is 1. The lowest BCUT2D eigenvalue weighted by atomic mass is 9.98. The molecule has 0 aliphatic carbocycles. The highest BCUT2D eigenvalue weighted by Gasteiger charge is 2.15. The number of aromatic carboxylic acids is 1. The van der Waals surface area contributed by atoms with Gasteiger partial charge >= 0.3 is 5.97 Å². The molecule has 1 aromatic carbocycles. The van der Waals surface area contributed by atoms with Gasteiger partial charge in [0.2, 0.25) is 0 Å². The molecule has 0 atom stereocenters. The summed E-state index contributed by atoms with van der Waals surface area (Å²) in [7, 11) is 0. The van der Waals surface area contributed by atoms with Crippen LogP contribution in [0.25, 0.3) is 10.9 Å². The van der Waals surface area contributed by atoms with Crippen molar-refractivity contribution >= 4 is 16.9 Å².